The molecular formula is C8H6ClNS2. The summed E-state index contributed by atoms with van der Waals surface area (Å²) in [6.07, 6.45) is 0. The molecule has 0 saturated carbocycles. The van der Waals surface area contributed by atoms with Gasteiger partial charge in [0.2, 0.25) is 0 Å². The van der Waals surface area contributed by atoms with Gasteiger partial charge in [-0.25, -0.2) is 0 Å². The molecule has 1 nitrogen and oxygen atoms in total. The Morgan fingerprint density at radius 1 is 1.42 bits per heavy atom. The quantitative estimate of drug-likeness (QED) is 0.511. The second-order valence-corrected chi connectivity index (χ2v) is 4.73. The van der Waals surface area contributed by atoms with E-state index in [4.69, 9.17) is 17.3 Å². The van der Waals surface area contributed by atoms with Crippen LogP contribution >= 0.6 is 35.6 Å². The van der Waals surface area contributed by atoms with Gasteiger partial charge >= 0.3 is 0 Å². The number of nitrogens with two attached hydrogens (primary N) is 1. The Bertz CT molecular complexity index is 436. The van der Waals surface area contributed by atoms with Crippen molar-refractivity contribution in [2.75, 3.05) is 5.73 Å². The van der Waals surface area contributed by atoms with Crippen LogP contribution in [0.3, 0.4) is 0 Å². The van der Waals surface area contributed by atoms with Gasteiger partial charge in [0, 0.05) is 10.1 Å². The summed E-state index contributed by atoms with van der Waals surface area (Å²) in [6, 6.07) is 5.70. The van der Waals surface area contributed by atoms with Crippen molar-refractivity contribution >= 4 is 51.3 Å². The van der Waals surface area contributed by atoms with Crippen LogP contribution in [0, 0.1) is 0 Å². The topological polar surface area (TPSA) is 26.0 Å². The van der Waals surface area contributed by atoms with E-state index < -0.39 is 0 Å². The zero-order valence-corrected chi connectivity index (χ0v) is 8.51. The number of hydrogen-bond acceptors (Lipinski definition) is 3. The largest absolute Gasteiger partial charge is 0.397 e. The van der Waals surface area contributed by atoms with Crippen molar-refractivity contribution in [1.29, 1.82) is 0 Å². The molecule has 0 radical (unpaired) electrons. The van der Waals surface area contributed by atoms with E-state index >= 15 is 0 Å². The molecule has 0 spiro atoms. The van der Waals surface area contributed by atoms with Crippen LogP contribution in [-0.4, -0.2) is 0 Å². The highest BCUT2D eigenvalue weighted by molar-refractivity contribution is 7.83. The molecule has 0 aliphatic rings. The number of rotatable bonds is 0. The van der Waals surface area contributed by atoms with E-state index in [0.717, 1.165) is 14.3 Å². The van der Waals surface area contributed by atoms with Crippen LogP contribution in [0.1, 0.15) is 0 Å². The zero-order chi connectivity index (χ0) is 8.72. The van der Waals surface area contributed by atoms with Crippen molar-refractivity contribution in [3.63, 3.8) is 0 Å². The monoisotopic (exact) mass is 215 g/mol. The minimum Gasteiger partial charge on any atom is -0.397 e. The summed E-state index contributed by atoms with van der Waals surface area (Å²) in [4.78, 5) is 0. The van der Waals surface area contributed by atoms with Crippen molar-refractivity contribution in [3.8, 4) is 0 Å². The highest BCUT2D eigenvalue weighted by Gasteiger charge is 2.04. The van der Waals surface area contributed by atoms with E-state index in [1.54, 1.807) is 11.3 Å². The first-order valence-corrected chi connectivity index (χ1v) is 4.99. The fourth-order valence-corrected chi connectivity index (χ4v) is 2.50. The van der Waals surface area contributed by atoms with Gasteiger partial charge in [0.15, 0.2) is 0 Å². The molecule has 4 heteroatoms. The average molecular weight is 216 g/mol. The lowest BCUT2D eigenvalue weighted by atomic mass is 10.2. The van der Waals surface area contributed by atoms with Gasteiger partial charge in [0.1, 0.15) is 0 Å². The lowest BCUT2D eigenvalue weighted by Gasteiger charge is -1.97. The van der Waals surface area contributed by atoms with Crippen molar-refractivity contribution in [1.82, 2.24) is 0 Å². The summed E-state index contributed by atoms with van der Waals surface area (Å²) >= 11 is 11.7. The Hall–Kier alpha value is -0.380. The van der Waals surface area contributed by atoms with Gasteiger partial charge in [-0.15, -0.1) is 24.0 Å². The Kier molecular flexibility index (Phi) is 1.94. The first kappa shape index (κ1) is 8.23. The van der Waals surface area contributed by atoms with Crippen LogP contribution < -0.4 is 5.73 Å². The fraction of sp³-hybridized carbons (Fsp3) is 0. The molecule has 1 aromatic heterocycles. The maximum Gasteiger partial charge on any atom is 0.0642 e. The average Bonchev–Trinajstić information content (AvgIpc) is 2.39. The molecule has 0 fully saturated rings. The molecular weight excluding hydrogens is 210 g/mol. The summed E-state index contributed by atoms with van der Waals surface area (Å²) in [6.45, 7) is 0. The van der Waals surface area contributed by atoms with Gasteiger partial charge in [-0.2, -0.15) is 0 Å². The molecule has 0 atom stereocenters. The Morgan fingerprint density at radius 3 is 2.92 bits per heavy atom. The molecule has 2 N–H and O–H groups in total. The molecule has 0 amide bonds. The van der Waals surface area contributed by atoms with E-state index in [2.05, 4.69) is 12.6 Å². The smallest absolute Gasteiger partial charge is 0.0642 e. The van der Waals surface area contributed by atoms with Gasteiger partial charge in [0.25, 0.3) is 0 Å². The third-order valence-electron chi connectivity index (χ3n) is 1.68. The standard InChI is InChI=1S/C8H6ClNS2/c9-5-1-2-6-4(8(5)10)3-7(11)12-6/h1-3,11H,10H2. The fourth-order valence-electron chi connectivity index (χ4n) is 1.09. The number of halogens is 1. The zero-order valence-electron chi connectivity index (χ0n) is 6.04. The van der Waals surface area contributed by atoms with Crippen LogP contribution in [-0.2, 0) is 0 Å². The van der Waals surface area contributed by atoms with Crippen LogP contribution in [0.25, 0.3) is 10.1 Å². The van der Waals surface area contributed by atoms with Crippen molar-refractivity contribution in [3.05, 3.63) is 23.2 Å². The summed E-state index contributed by atoms with van der Waals surface area (Å²) in [5, 5.41) is 1.60. The predicted octanol–water partition coefficient (Wildman–Crippen LogP) is 3.43. The summed E-state index contributed by atoms with van der Waals surface area (Å²) in [7, 11) is 0. The van der Waals surface area contributed by atoms with Gasteiger partial charge in [-0.3, -0.25) is 0 Å². The Balaban J connectivity index is 2.89. The third kappa shape index (κ3) is 1.18. The van der Waals surface area contributed by atoms with E-state index in [9.17, 15) is 0 Å². The number of thiophene rings is 1. The summed E-state index contributed by atoms with van der Waals surface area (Å²) in [5.74, 6) is 0. The molecule has 12 heavy (non-hydrogen) atoms. The van der Waals surface area contributed by atoms with Crippen molar-refractivity contribution in [2.45, 2.75) is 4.21 Å². The Morgan fingerprint density at radius 2 is 2.17 bits per heavy atom. The highest BCUT2D eigenvalue weighted by atomic mass is 35.5. The third-order valence-corrected chi connectivity index (χ3v) is 3.31. The predicted molar refractivity (Wildman–Crippen MR) is 58.5 cm³/mol. The molecule has 1 heterocycles. The van der Waals surface area contributed by atoms with Crippen LogP contribution in [0.15, 0.2) is 22.4 Å². The molecule has 0 bridgehead atoms. The maximum atomic E-state index is 5.85. The second-order valence-electron chi connectivity index (χ2n) is 2.46. The number of hydrogen-bond donors (Lipinski definition) is 2. The van der Waals surface area contributed by atoms with Crippen molar-refractivity contribution < 1.29 is 0 Å². The molecule has 2 aromatic rings. The highest BCUT2D eigenvalue weighted by Crippen LogP contribution is 2.35. The lowest BCUT2D eigenvalue weighted by Crippen LogP contribution is -1.85. The maximum absolute atomic E-state index is 5.85. The lowest BCUT2D eigenvalue weighted by molar-refractivity contribution is 1.75. The molecule has 0 saturated heterocycles. The number of fused-ring (bicyclic) bond motifs is 1. The van der Waals surface area contributed by atoms with E-state index in [0.29, 0.717) is 10.7 Å². The number of anilines is 1. The van der Waals surface area contributed by atoms with Gasteiger partial charge in [-0.05, 0) is 18.2 Å². The molecule has 1 aromatic carbocycles. The first-order chi connectivity index (χ1) is 5.68. The van der Waals surface area contributed by atoms with Crippen LogP contribution in [0.2, 0.25) is 5.02 Å². The minimum absolute atomic E-state index is 0.605. The number of benzene rings is 1. The summed E-state index contributed by atoms with van der Waals surface area (Å²) < 4.78 is 2.08. The van der Waals surface area contributed by atoms with E-state index in [1.807, 2.05) is 18.2 Å². The van der Waals surface area contributed by atoms with E-state index in [1.165, 1.54) is 0 Å². The van der Waals surface area contributed by atoms with Crippen LogP contribution in [0.4, 0.5) is 5.69 Å². The van der Waals surface area contributed by atoms with Gasteiger partial charge in [0.05, 0.1) is 14.9 Å². The van der Waals surface area contributed by atoms with E-state index in [-0.39, 0.29) is 0 Å². The molecule has 62 valence electrons. The Labute approximate surface area is 84.6 Å². The molecule has 0 aliphatic heterocycles. The van der Waals surface area contributed by atoms with Crippen LogP contribution in [0.5, 0.6) is 0 Å². The summed E-state index contributed by atoms with van der Waals surface area (Å²) in [5.41, 5.74) is 6.42. The number of nitrogen functional groups attached to an aromatic ring is 1. The first-order valence-electron chi connectivity index (χ1n) is 3.35. The SMILES string of the molecule is Nc1c(Cl)ccc2sc(S)cc12. The molecule has 2 rings (SSSR count). The minimum atomic E-state index is 0.605. The van der Waals surface area contributed by atoms with Crippen molar-refractivity contribution in [2.24, 2.45) is 0 Å². The van der Waals surface area contributed by atoms with Gasteiger partial charge in [-0.1, -0.05) is 11.6 Å². The van der Waals surface area contributed by atoms with Gasteiger partial charge < -0.3 is 5.73 Å². The molecule has 0 unspecified atom stereocenters. The molecule has 0 aliphatic carbocycles. The normalized spacial score (nSPS) is 10.8. The second kappa shape index (κ2) is 2.83. The number of thiol groups is 1.